The van der Waals surface area contributed by atoms with Crippen LogP contribution in [0.4, 0.5) is 11.4 Å². The zero-order chi connectivity index (χ0) is 19.9. The van der Waals surface area contributed by atoms with Crippen molar-refractivity contribution in [2.75, 3.05) is 0 Å². The Labute approximate surface area is 162 Å². The predicted molar refractivity (Wildman–Crippen MR) is 107 cm³/mol. The standard InChI is InChI=1S/C21H19N5O2/c1-14-3-4-18(11-15(14)2)24-25-19-5-6-20(27)17(12-19)13-23-26-21(28)16-7-9-22-10-8-16/h3-13,27H,1-2H3,(H,26,28). The van der Waals surface area contributed by atoms with Crippen molar-refractivity contribution in [3.8, 4) is 5.75 Å². The first kappa shape index (κ1) is 18.9. The molecule has 0 radical (unpaired) electrons. The Kier molecular flexibility index (Phi) is 5.86. The van der Waals surface area contributed by atoms with E-state index in [4.69, 9.17) is 0 Å². The van der Waals surface area contributed by atoms with E-state index in [0.717, 1.165) is 11.3 Å². The van der Waals surface area contributed by atoms with Gasteiger partial charge in [-0.25, -0.2) is 5.43 Å². The Morgan fingerprint density at radius 2 is 1.64 bits per heavy atom. The molecule has 0 atom stereocenters. The maximum atomic E-state index is 11.9. The van der Waals surface area contributed by atoms with Crippen molar-refractivity contribution in [1.82, 2.24) is 10.4 Å². The molecule has 140 valence electrons. The van der Waals surface area contributed by atoms with Crippen LogP contribution in [0.2, 0.25) is 0 Å². The summed E-state index contributed by atoms with van der Waals surface area (Å²) in [5.41, 5.74) is 6.88. The van der Waals surface area contributed by atoms with Crippen LogP contribution in [0.1, 0.15) is 27.0 Å². The SMILES string of the molecule is Cc1ccc(N=Nc2ccc(O)c(C=NNC(=O)c3ccncc3)c2)cc1C. The van der Waals surface area contributed by atoms with Crippen LogP contribution in [0.15, 0.2) is 76.3 Å². The maximum Gasteiger partial charge on any atom is 0.271 e. The molecule has 1 amide bonds. The van der Waals surface area contributed by atoms with Crippen LogP contribution in [0.5, 0.6) is 5.75 Å². The third-order valence-corrected chi connectivity index (χ3v) is 4.09. The fourth-order valence-corrected chi connectivity index (χ4v) is 2.34. The van der Waals surface area contributed by atoms with E-state index in [1.165, 1.54) is 30.2 Å². The second-order valence-electron chi connectivity index (χ2n) is 6.15. The summed E-state index contributed by atoms with van der Waals surface area (Å²) in [5, 5.41) is 22.3. The highest BCUT2D eigenvalue weighted by Gasteiger charge is 2.04. The average molecular weight is 373 g/mol. The number of hydrazone groups is 1. The second kappa shape index (κ2) is 8.68. The molecule has 7 heteroatoms. The van der Waals surface area contributed by atoms with Crippen molar-refractivity contribution in [2.24, 2.45) is 15.3 Å². The molecule has 3 rings (SSSR count). The predicted octanol–water partition coefficient (Wildman–Crippen LogP) is 4.58. The molecule has 3 aromatic rings. The fraction of sp³-hybridized carbons (Fsp3) is 0.0952. The van der Waals surface area contributed by atoms with Crippen LogP contribution in [0.25, 0.3) is 0 Å². The molecule has 7 nitrogen and oxygen atoms in total. The van der Waals surface area contributed by atoms with Gasteiger partial charge in [0.2, 0.25) is 0 Å². The Bertz CT molecular complexity index is 1050. The van der Waals surface area contributed by atoms with Crippen LogP contribution in [0.3, 0.4) is 0 Å². The largest absolute Gasteiger partial charge is 0.507 e. The number of aromatic hydroxyl groups is 1. The topological polar surface area (TPSA) is 99.3 Å². The highest BCUT2D eigenvalue weighted by atomic mass is 16.3. The first-order chi connectivity index (χ1) is 13.5. The third-order valence-electron chi connectivity index (χ3n) is 4.09. The number of hydrogen-bond donors (Lipinski definition) is 2. The average Bonchev–Trinajstić information content (AvgIpc) is 2.71. The van der Waals surface area contributed by atoms with Crippen molar-refractivity contribution < 1.29 is 9.90 Å². The number of azo groups is 1. The van der Waals surface area contributed by atoms with Gasteiger partial charge < -0.3 is 5.11 Å². The zero-order valence-electron chi connectivity index (χ0n) is 15.5. The lowest BCUT2D eigenvalue weighted by Gasteiger charge is -2.02. The lowest BCUT2D eigenvalue weighted by molar-refractivity contribution is 0.0955. The lowest BCUT2D eigenvalue weighted by Crippen LogP contribution is -2.17. The number of phenolic OH excluding ortho intramolecular Hbond substituents is 1. The van der Waals surface area contributed by atoms with Crippen molar-refractivity contribution in [1.29, 1.82) is 0 Å². The molecular weight excluding hydrogens is 354 g/mol. The molecule has 0 unspecified atom stereocenters. The van der Waals surface area contributed by atoms with E-state index < -0.39 is 0 Å². The number of benzene rings is 2. The highest BCUT2D eigenvalue weighted by Crippen LogP contribution is 2.25. The lowest BCUT2D eigenvalue weighted by atomic mass is 10.1. The van der Waals surface area contributed by atoms with E-state index in [9.17, 15) is 9.90 Å². The number of hydrogen-bond acceptors (Lipinski definition) is 6. The molecule has 0 saturated carbocycles. The van der Waals surface area contributed by atoms with Gasteiger partial charge in [0, 0.05) is 23.5 Å². The van der Waals surface area contributed by atoms with E-state index in [1.54, 1.807) is 24.3 Å². The van der Waals surface area contributed by atoms with Crippen molar-refractivity contribution in [3.05, 3.63) is 83.2 Å². The minimum atomic E-state index is -0.372. The summed E-state index contributed by atoms with van der Waals surface area (Å²) in [6.45, 7) is 4.05. The number of amides is 1. The Morgan fingerprint density at radius 1 is 0.964 bits per heavy atom. The number of pyridine rings is 1. The molecule has 28 heavy (non-hydrogen) atoms. The summed E-state index contributed by atoms with van der Waals surface area (Å²) in [6.07, 6.45) is 4.40. The van der Waals surface area contributed by atoms with Crippen LogP contribution in [-0.4, -0.2) is 22.2 Å². The Balaban J connectivity index is 1.71. The zero-order valence-corrected chi connectivity index (χ0v) is 15.5. The van der Waals surface area contributed by atoms with Gasteiger partial charge in [-0.1, -0.05) is 6.07 Å². The van der Waals surface area contributed by atoms with Crippen molar-refractivity contribution >= 4 is 23.5 Å². The molecule has 1 heterocycles. The number of nitrogens with one attached hydrogen (secondary N) is 1. The normalized spacial score (nSPS) is 11.2. The van der Waals surface area contributed by atoms with Crippen molar-refractivity contribution in [3.63, 3.8) is 0 Å². The quantitative estimate of drug-likeness (QED) is 0.389. The summed E-state index contributed by atoms with van der Waals surface area (Å²) in [5.74, 6) is -0.351. The Hall–Kier alpha value is -3.87. The minimum Gasteiger partial charge on any atom is -0.507 e. The molecular formula is C21H19N5O2. The molecule has 0 aliphatic carbocycles. The summed E-state index contributed by atoms with van der Waals surface area (Å²) >= 11 is 0. The summed E-state index contributed by atoms with van der Waals surface area (Å²) in [4.78, 5) is 15.8. The van der Waals surface area contributed by atoms with Gasteiger partial charge in [0.25, 0.3) is 5.91 Å². The van der Waals surface area contributed by atoms with Crippen molar-refractivity contribution in [2.45, 2.75) is 13.8 Å². The number of aromatic nitrogens is 1. The molecule has 0 aliphatic rings. The number of phenols is 1. The molecule has 0 saturated heterocycles. The van der Waals surface area contributed by atoms with E-state index in [0.29, 0.717) is 16.8 Å². The van der Waals surface area contributed by atoms with Crippen LogP contribution < -0.4 is 5.43 Å². The van der Waals surface area contributed by atoms with Gasteiger partial charge in [0.1, 0.15) is 5.75 Å². The number of carbonyl (C=O) groups is 1. The molecule has 0 aliphatic heterocycles. The highest BCUT2D eigenvalue weighted by molar-refractivity contribution is 5.95. The third kappa shape index (κ3) is 4.85. The number of carbonyl (C=O) groups excluding carboxylic acids is 1. The van der Waals surface area contributed by atoms with E-state index in [-0.39, 0.29) is 11.7 Å². The second-order valence-corrected chi connectivity index (χ2v) is 6.15. The van der Waals surface area contributed by atoms with Gasteiger partial charge in [-0.15, -0.1) is 0 Å². The first-order valence-corrected chi connectivity index (χ1v) is 8.58. The van der Waals surface area contributed by atoms with Crippen LogP contribution in [0, 0.1) is 13.8 Å². The fourth-order valence-electron chi connectivity index (χ4n) is 2.34. The number of nitrogens with zero attached hydrogens (tertiary/aromatic N) is 4. The van der Waals surface area contributed by atoms with Crippen LogP contribution >= 0.6 is 0 Å². The van der Waals surface area contributed by atoms with E-state index >= 15 is 0 Å². The molecule has 0 fully saturated rings. The Morgan fingerprint density at radius 3 is 2.36 bits per heavy atom. The number of aryl methyl sites for hydroxylation is 2. The van der Waals surface area contributed by atoms with Gasteiger partial charge in [0.15, 0.2) is 0 Å². The van der Waals surface area contributed by atoms with E-state index in [1.807, 2.05) is 32.0 Å². The van der Waals surface area contributed by atoms with E-state index in [2.05, 4.69) is 25.7 Å². The van der Waals surface area contributed by atoms with Gasteiger partial charge in [-0.05, 0) is 67.4 Å². The molecule has 1 aromatic heterocycles. The number of rotatable bonds is 5. The monoisotopic (exact) mass is 373 g/mol. The summed E-state index contributed by atoms with van der Waals surface area (Å²) < 4.78 is 0. The van der Waals surface area contributed by atoms with Crippen LogP contribution in [-0.2, 0) is 0 Å². The maximum absolute atomic E-state index is 11.9. The van der Waals surface area contributed by atoms with Gasteiger partial charge >= 0.3 is 0 Å². The van der Waals surface area contributed by atoms with Gasteiger partial charge in [-0.3, -0.25) is 9.78 Å². The molecule has 0 spiro atoms. The summed E-state index contributed by atoms with van der Waals surface area (Å²) in [6, 6.07) is 13.8. The van der Waals surface area contributed by atoms with Gasteiger partial charge in [0.05, 0.1) is 17.6 Å². The molecule has 2 N–H and O–H groups in total. The molecule has 0 bridgehead atoms. The first-order valence-electron chi connectivity index (χ1n) is 8.58. The van der Waals surface area contributed by atoms with Gasteiger partial charge in [-0.2, -0.15) is 15.3 Å². The molecule has 2 aromatic carbocycles. The minimum absolute atomic E-state index is 0.0204. The smallest absolute Gasteiger partial charge is 0.271 e. The summed E-state index contributed by atoms with van der Waals surface area (Å²) in [7, 11) is 0.